The molecule has 0 saturated heterocycles. The largest absolute Gasteiger partial charge is 0.481 e. The van der Waals surface area contributed by atoms with Crippen LogP contribution in [0.15, 0.2) is 36.0 Å². The van der Waals surface area contributed by atoms with Gasteiger partial charge >= 0.3 is 12.1 Å². The lowest BCUT2D eigenvalue weighted by Crippen LogP contribution is -2.10. The van der Waals surface area contributed by atoms with Crippen molar-refractivity contribution in [2.24, 2.45) is 0 Å². The van der Waals surface area contributed by atoms with E-state index in [0.29, 0.717) is 0 Å². The molecular formula is C11H13F3O2. The highest BCUT2D eigenvalue weighted by Gasteiger charge is 2.31. The van der Waals surface area contributed by atoms with E-state index < -0.39 is 17.7 Å². The number of rotatable bonds is 5. The molecule has 0 amide bonds. The Hall–Kier alpha value is -1.52. The molecule has 0 heterocycles. The van der Waals surface area contributed by atoms with E-state index in [0.717, 1.165) is 12.2 Å². The fraction of sp³-hybridized carbons (Fsp3) is 0.364. The van der Waals surface area contributed by atoms with Crippen molar-refractivity contribution in [3.63, 3.8) is 0 Å². The van der Waals surface area contributed by atoms with Crippen LogP contribution in [0.3, 0.4) is 0 Å². The number of hydrogen-bond donors (Lipinski definition) is 1. The van der Waals surface area contributed by atoms with Gasteiger partial charge in [0.25, 0.3) is 0 Å². The third-order valence-corrected chi connectivity index (χ3v) is 1.87. The summed E-state index contributed by atoms with van der Waals surface area (Å²) in [6.45, 7) is 4.63. The first-order valence-corrected chi connectivity index (χ1v) is 4.59. The maximum Gasteiger partial charge on any atom is 0.416 e. The zero-order valence-corrected chi connectivity index (χ0v) is 8.84. The molecule has 0 aliphatic carbocycles. The van der Waals surface area contributed by atoms with Crippen LogP contribution < -0.4 is 0 Å². The van der Waals surface area contributed by atoms with Gasteiger partial charge in [-0.2, -0.15) is 13.2 Å². The molecular weight excluding hydrogens is 221 g/mol. The summed E-state index contributed by atoms with van der Waals surface area (Å²) in [7, 11) is 0. The molecule has 0 unspecified atom stereocenters. The molecule has 0 spiro atoms. The Balaban J connectivity index is 4.80. The van der Waals surface area contributed by atoms with Crippen LogP contribution in [0.25, 0.3) is 0 Å². The second kappa shape index (κ2) is 6.15. The van der Waals surface area contributed by atoms with E-state index >= 15 is 0 Å². The summed E-state index contributed by atoms with van der Waals surface area (Å²) in [5, 5.41) is 8.41. The topological polar surface area (TPSA) is 37.3 Å². The fourth-order valence-corrected chi connectivity index (χ4v) is 1.01. The van der Waals surface area contributed by atoms with E-state index in [4.69, 9.17) is 5.11 Å². The average Bonchev–Trinajstić information content (AvgIpc) is 2.16. The number of hydrogen-bond acceptors (Lipinski definition) is 1. The first kappa shape index (κ1) is 14.5. The highest BCUT2D eigenvalue weighted by molar-refractivity contribution is 5.67. The van der Waals surface area contributed by atoms with Gasteiger partial charge in [0.15, 0.2) is 0 Å². The number of aliphatic carboxylic acids is 1. The predicted molar refractivity (Wildman–Crippen MR) is 55.0 cm³/mol. The van der Waals surface area contributed by atoms with E-state index in [1.54, 1.807) is 0 Å². The van der Waals surface area contributed by atoms with Crippen molar-refractivity contribution in [2.45, 2.75) is 25.9 Å². The van der Waals surface area contributed by atoms with Crippen LogP contribution in [0.1, 0.15) is 19.8 Å². The molecule has 0 aromatic heterocycles. The van der Waals surface area contributed by atoms with Gasteiger partial charge in [0.1, 0.15) is 0 Å². The van der Waals surface area contributed by atoms with E-state index in [2.05, 4.69) is 6.58 Å². The minimum atomic E-state index is -4.42. The minimum absolute atomic E-state index is 0.0340. The maximum atomic E-state index is 12.4. The lowest BCUT2D eigenvalue weighted by molar-refractivity contribution is -0.136. The molecule has 0 aliphatic rings. The Morgan fingerprint density at radius 2 is 1.94 bits per heavy atom. The number of carboxylic acid groups (broad SMARTS) is 1. The fourth-order valence-electron chi connectivity index (χ4n) is 1.01. The summed E-state index contributed by atoms with van der Waals surface area (Å²) in [6.07, 6.45) is -1.52. The second-order valence-corrected chi connectivity index (χ2v) is 3.06. The molecule has 0 aromatic rings. The van der Waals surface area contributed by atoms with Crippen LogP contribution in [0.2, 0.25) is 0 Å². The van der Waals surface area contributed by atoms with Crippen molar-refractivity contribution in [1.82, 2.24) is 0 Å². The zero-order chi connectivity index (χ0) is 12.8. The van der Waals surface area contributed by atoms with Gasteiger partial charge in [-0.15, -0.1) is 0 Å². The van der Waals surface area contributed by atoms with Gasteiger partial charge in [0, 0.05) is 6.42 Å². The monoisotopic (exact) mass is 234 g/mol. The normalized spacial score (nSPS) is 13.8. The molecule has 16 heavy (non-hydrogen) atoms. The summed E-state index contributed by atoms with van der Waals surface area (Å²) >= 11 is 0. The second-order valence-electron chi connectivity index (χ2n) is 3.06. The number of allylic oxidation sites excluding steroid dienone is 5. The van der Waals surface area contributed by atoms with Gasteiger partial charge in [-0.25, -0.2) is 0 Å². The van der Waals surface area contributed by atoms with Gasteiger partial charge < -0.3 is 5.11 Å². The standard InChI is InChI=1S/C11H13F3O2/c1-3-8(5-6-10(15)16)7-9(4-2)11(12,13)14/h3-4,7H,1,5-6H2,2H3,(H,15,16)/b8-7+,9-4+. The predicted octanol–water partition coefficient (Wildman–Crippen LogP) is 3.47. The third-order valence-electron chi connectivity index (χ3n) is 1.87. The SMILES string of the molecule is C=C/C(=C\C(=C/C)C(F)(F)F)CCC(=O)O. The zero-order valence-electron chi connectivity index (χ0n) is 8.84. The Labute approximate surface area is 91.8 Å². The first-order valence-electron chi connectivity index (χ1n) is 4.59. The van der Waals surface area contributed by atoms with Crippen molar-refractivity contribution in [3.8, 4) is 0 Å². The lowest BCUT2D eigenvalue weighted by atomic mass is 10.1. The Morgan fingerprint density at radius 1 is 1.38 bits per heavy atom. The highest BCUT2D eigenvalue weighted by atomic mass is 19.4. The van der Waals surface area contributed by atoms with E-state index in [9.17, 15) is 18.0 Å². The van der Waals surface area contributed by atoms with Crippen LogP contribution in [0.4, 0.5) is 13.2 Å². The molecule has 90 valence electrons. The molecule has 0 aromatic carbocycles. The Morgan fingerprint density at radius 3 is 2.25 bits per heavy atom. The maximum absolute atomic E-state index is 12.4. The molecule has 0 saturated carbocycles. The smallest absolute Gasteiger partial charge is 0.416 e. The van der Waals surface area contributed by atoms with E-state index in [-0.39, 0.29) is 18.4 Å². The van der Waals surface area contributed by atoms with Crippen molar-refractivity contribution < 1.29 is 23.1 Å². The summed E-state index contributed by atoms with van der Waals surface area (Å²) in [5.41, 5.74) is -0.541. The molecule has 0 rings (SSSR count). The third kappa shape index (κ3) is 5.38. The summed E-state index contributed by atoms with van der Waals surface area (Å²) in [5.74, 6) is -1.05. The van der Waals surface area contributed by atoms with E-state index in [1.807, 2.05) is 0 Å². The summed E-state index contributed by atoms with van der Waals surface area (Å²) in [4.78, 5) is 10.3. The van der Waals surface area contributed by atoms with Crippen molar-refractivity contribution in [1.29, 1.82) is 0 Å². The van der Waals surface area contributed by atoms with Crippen LogP contribution >= 0.6 is 0 Å². The van der Waals surface area contributed by atoms with Crippen LogP contribution in [-0.2, 0) is 4.79 Å². The van der Waals surface area contributed by atoms with Crippen molar-refractivity contribution in [3.05, 3.63) is 36.0 Å². The van der Waals surface area contributed by atoms with Gasteiger partial charge in [-0.1, -0.05) is 18.7 Å². The molecule has 0 fully saturated rings. The molecule has 0 aliphatic heterocycles. The van der Waals surface area contributed by atoms with E-state index in [1.165, 1.54) is 13.0 Å². The van der Waals surface area contributed by atoms with Gasteiger partial charge in [-0.3, -0.25) is 4.79 Å². The summed E-state index contributed by atoms with van der Waals surface area (Å²) in [6, 6.07) is 0. The number of carboxylic acids is 1. The molecule has 2 nitrogen and oxygen atoms in total. The van der Waals surface area contributed by atoms with Crippen molar-refractivity contribution in [2.75, 3.05) is 0 Å². The molecule has 5 heteroatoms. The van der Waals surface area contributed by atoms with Crippen LogP contribution in [0, 0.1) is 0 Å². The van der Waals surface area contributed by atoms with Gasteiger partial charge in [-0.05, 0) is 25.0 Å². The highest BCUT2D eigenvalue weighted by Crippen LogP contribution is 2.28. The number of carbonyl (C=O) groups is 1. The molecule has 1 N–H and O–H groups in total. The Bertz CT molecular complexity index is 325. The molecule has 0 atom stereocenters. The van der Waals surface area contributed by atoms with Gasteiger partial charge in [0.05, 0.1) is 5.57 Å². The average molecular weight is 234 g/mol. The van der Waals surface area contributed by atoms with Gasteiger partial charge in [0.2, 0.25) is 0 Å². The Kier molecular flexibility index (Phi) is 5.56. The first-order chi connectivity index (χ1) is 7.31. The van der Waals surface area contributed by atoms with Crippen LogP contribution in [0.5, 0.6) is 0 Å². The van der Waals surface area contributed by atoms with Crippen LogP contribution in [-0.4, -0.2) is 17.3 Å². The molecule has 0 bridgehead atoms. The number of alkyl halides is 3. The summed E-state index contributed by atoms with van der Waals surface area (Å²) < 4.78 is 37.1. The molecule has 0 radical (unpaired) electrons. The van der Waals surface area contributed by atoms with Crippen molar-refractivity contribution >= 4 is 5.97 Å². The quantitative estimate of drug-likeness (QED) is 0.739. The minimum Gasteiger partial charge on any atom is -0.481 e. The number of halogens is 3. The lowest BCUT2D eigenvalue weighted by Gasteiger charge is -2.08.